The maximum absolute atomic E-state index is 12.6. The van der Waals surface area contributed by atoms with Crippen molar-refractivity contribution >= 4 is 11.9 Å². The molecule has 0 aliphatic carbocycles. The highest BCUT2D eigenvalue weighted by Crippen LogP contribution is 2.10. The van der Waals surface area contributed by atoms with Gasteiger partial charge >= 0.3 is 0 Å². The van der Waals surface area contributed by atoms with Crippen LogP contribution < -0.4 is 5.56 Å². The number of hydrogen-bond acceptors (Lipinski definition) is 4. The first-order valence-corrected chi connectivity index (χ1v) is 7.28. The lowest BCUT2D eigenvalue weighted by molar-refractivity contribution is 0.763. The zero-order valence-corrected chi connectivity index (χ0v) is 13.2. The lowest BCUT2D eigenvalue weighted by Gasteiger charge is -2.02. The Morgan fingerprint density at radius 3 is 2.39 bits per heavy atom. The van der Waals surface area contributed by atoms with Crippen LogP contribution in [-0.4, -0.2) is 26.0 Å². The van der Waals surface area contributed by atoms with Crippen LogP contribution in [0, 0.1) is 20.8 Å². The van der Waals surface area contributed by atoms with E-state index in [9.17, 15) is 4.79 Å². The first kappa shape index (κ1) is 14.9. The van der Waals surface area contributed by atoms with Gasteiger partial charge in [-0.25, -0.2) is 9.97 Å². The Morgan fingerprint density at radius 2 is 1.74 bits per heavy atom. The van der Waals surface area contributed by atoms with Gasteiger partial charge in [0.05, 0.1) is 11.3 Å². The summed E-state index contributed by atoms with van der Waals surface area (Å²) >= 11 is 0. The Balaban J connectivity index is 2.03. The fourth-order valence-corrected chi connectivity index (χ4v) is 2.31. The highest BCUT2D eigenvalue weighted by molar-refractivity contribution is 5.82. The van der Waals surface area contributed by atoms with E-state index in [1.807, 2.05) is 57.2 Å². The number of hydrogen-bond donors (Lipinski definition) is 1. The molecule has 0 fully saturated rings. The summed E-state index contributed by atoms with van der Waals surface area (Å²) in [6.07, 6.45) is 1.57. The number of nitrogens with zero attached hydrogens (tertiary/aromatic N) is 4. The SMILES string of the molecule is Cc1cc(C)nc(-n2[nH]c(C)c(C=Nc3ccccc3)c2=O)n1. The lowest BCUT2D eigenvalue weighted by atomic mass is 10.3. The second-order valence-electron chi connectivity index (χ2n) is 5.34. The van der Waals surface area contributed by atoms with Gasteiger partial charge in [0.2, 0.25) is 0 Å². The van der Waals surface area contributed by atoms with Crippen molar-refractivity contribution in [2.24, 2.45) is 4.99 Å². The molecule has 3 rings (SSSR count). The minimum absolute atomic E-state index is 0.216. The summed E-state index contributed by atoms with van der Waals surface area (Å²) in [5, 5.41) is 3.01. The summed E-state index contributed by atoms with van der Waals surface area (Å²) < 4.78 is 1.35. The van der Waals surface area contributed by atoms with Crippen LogP contribution in [-0.2, 0) is 0 Å². The molecule has 0 aliphatic heterocycles. The van der Waals surface area contributed by atoms with E-state index in [0.29, 0.717) is 11.5 Å². The standard InChI is InChI=1S/C17H17N5O/c1-11-9-12(2)20-17(19-11)22-16(23)15(13(3)21-22)10-18-14-7-5-4-6-8-14/h4-10,21H,1-3H3. The van der Waals surface area contributed by atoms with Crippen LogP contribution >= 0.6 is 0 Å². The molecule has 0 saturated carbocycles. The Kier molecular flexibility index (Phi) is 3.89. The molecule has 0 atom stereocenters. The summed E-state index contributed by atoms with van der Waals surface area (Å²) in [6, 6.07) is 11.3. The van der Waals surface area contributed by atoms with E-state index in [1.54, 1.807) is 6.21 Å². The van der Waals surface area contributed by atoms with Crippen LogP contribution in [0.25, 0.3) is 5.95 Å². The third kappa shape index (κ3) is 3.11. The quantitative estimate of drug-likeness (QED) is 0.756. The van der Waals surface area contributed by atoms with Crippen molar-refractivity contribution in [1.82, 2.24) is 19.7 Å². The molecule has 1 N–H and O–H groups in total. The molecular weight excluding hydrogens is 290 g/mol. The van der Waals surface area contributed by atoms with E-state index in [1.165, 1.54) is 4.68 Å². The number of para-hydroxylation sites is 1. The number of aryl methyl sites for hydroxylation is 3. The molecule has 116 valence electrons. The van der Waals surface area contributed by atoms with Crippen molar-refractivity contribution in [2.45, 2.75) is 20.8 Å². The number of aromatic nitrogens is 4. The zero-order valence-electron chi connectivity index (χ0n) is 13.2. The number of rotatable bonds is 3. The van der Waals surface area contributed by atoms with Crippen LogP contribution in [0.3, 0.4) is 0 Å². The normalized spacial score (nSPS) is 11.3. The maximum Gasteiger partial charge on any atom is 0.282 e. The van der Waals surface area contributed by atoms with Crippen molar-refractivity contribution in [3.63, 3.8) is 0 Å². The second kappa shape index (κ2) is 6.00. The first-order chi connectivity index (χ1) is 11.0. The summed E-state index contributed by atoms with van der Waals surface area (Å²) in [7, 11) is 0. The summed E-state index contributed by atoms with van der Waals surface area (Å²) in [5.41, 5.74) is 3.42. The fraction of sp³-hybridized carbons (Fsp3) is 0.176. The molecule has 0 spiro atoms. The van der Waals surface area contributed by atoms with Crippen molar-refractivity contribution in [1.29, 1.82) is 0 Å². The lowest BCUT2D eigenvalue weighted by Crippen LogP contribution is -2.20. The maximum atomic E-state index is 12.6. The number of aliphatic imine (C=N–C) groups is 1. The van der Waals surface area contributed by atoms with Crippen molar-refractivity contribution in [3.8, 4) is 5.95 Å². The van der Waals surface area contributed by atoms with E-state index < -0.39 is 0 Å². The van der Waals surface area contributed by atoms with Crippen molar-refractivity contribution in [2.75, 3.05) is 0 Å². The van der Waals surface area contributed by atoms with Gasteiger partial charge in [-0.2, -0.15) is 4.68 Å². The smallest absolute Gasteiger partial charge is 0.282 e. The predicted molar refractivity (Wildman–Crippen MR) is 89.9 cm³/mol. The predicted octanol–water partition coefficient (Wildman–Crippen LogP) is 2.63. The van der Waals surface area contributed by atoms with E-state index in [-0.39, 0.29) is 5.56 Å². The third-order valence-electron chi connectivity index (χ3n) is 3.39. The van der Waals surface area contributed by atoms with Gasteiger partial charge in [0.1, 0.15) is 0 Å². The van der Waals surface area contributed by atoms with Crippen molar-refractivity contribution in [3.05, 3.63) is 69.4 Å². The highest BCUT2D eigenvalue weighted by atomic mass is 16.1. The Hall–Kier alpha value is -3.02. The molecule has 2 aromatic heterocycles. The first-order valence-electron chi connectivity index (χ1n) is 7.28. The average molecular weight is 307 g/mol. The molecule has 0 bridgehead atoms. The average Bonchev–Trinajstić information content (AvgIpc) is 2.80. The molecule has 1 aromatic carbocycles. The van der Waals surface area contributed by atoms with E-state index >= 15 is 0 Å². The topological polar surface area (TPSA) is 75.9 Å². The molecule has 3 aromatic rings. The van der Waals surface area contributed by atoms with Crippen LogP contribution in [0.1, 0.15) is 22.6 Å². The fourth-order valence-electron chi connectivity index (χ4n) is 2.31. The number of H-pyrrole nitrogens is 1. The number of nitrogens with one attached hydrogen (secondary N) is 1. The summed E-state index contributed by atoms with van der Waals surface area (Å²) in [5.74, 6) is 0.343. The van der Waals surface area contributed by atoms with Gasteiger partial charge in [0.25, 0.3) is 11.5 Å². The van der Waals surface area contributed by atoms with Crippen LogP contribution in [0.15, 0.2) is 46.2 Å². The minimum atomic E-state index is -0.216. The van der Waals surface area contributed by atoms with E-state index in [4.69, 9.17) is 0 Å². The molecule has 0 amide bonds. The molecule has 6 heteroatoms. The number of aromatic amines is 1. The molecule has 0 radical (unpaired) electrons. The van der Waals surface area contributed by atoms with Crippen molar-refractivity contribution < 1.29 is 0 Å². The van der Waals surface area contributed by atoms with Crippen LogP contribution in [0.5, 0.6) is 0 Å². The zero-order chi connectivity index (χ0) is 16.4. The van der Waals surface area contributed by atoms with E-state index in [2.05, 4.69) is 20.1 Å². The molecular formula is C17H17N5O. The van der Waals surface area contributed by atoms with Crippen LogP contribution in [0.4, 0.5) is 5.69 Å². The van der Waals surface area contributed by atoms with E-state index in [0.717, 1.165) is 22.8 Å². The Bertz CT molecular complexity index is 902. The van der Waals surface area contributed by atoms with Gasteiger partial charge in [0.15, 0.2) is 0 Å². The van der Waals surface area contributed by atoms with Gasteiger partial charge in [-0.3, -0.25) is 14.9 Å². The second-order valence-corrected chi connectivity index (χ2v) is 5.34. The van der Waals surface area contributed by atoms with Gasteiger partial charge in [-0.1, -0.05) is 18.2 Å². The third-order valence-corrected chi connectivity index (χ3v) is 3.39. The molecule has 23 heavy (non-hydrogen) atoms. The minimum Gasteiger partial charge on any atom is -0.292 e. The van der Waals surface area contributed by atoms with Crippen LogP contribution in [0.2, 0.25) is 0 Å². The summed E-state index contributed by atoms with van der Waals surface area (Å²) in [6.45, 7) is 5.57. The van der Waals surface area contributed by atoms with Gasteiger partial charge < -0.3 is 0 Å². The van der Waals surface area contributed by atoms with Gasteiger partial charge in [0, 0.05) is 23.3 Å². The molecule has 0 saturated heterocycles. The van der Waals surface area contributed by atoms with Gasteiger partial charge in [-0.05, 0) is 39.0 Å². The summed E-state index contributed by atoms with van der Waals surface area (Å²) in [4.78, 5) is 25.6. The molecule has 6 nitrogen and oxygen atoms in total. The monoisotopic (exact) mass is 307 g/mol. The largest absolute Gasteiger partial charge is 0.292 e. The Morgan fingerprint density at radius 1 is 1.09 bits per heavy atom. The van der Waals surface area contributed by atoms with Gasteiger partial charge in [-0.15, -0.1) is 0 Å². The number of benzene rings is 1. The molecule has 0 aliphatic rings. The molecule has 0 unspecified atom stereocenters. The Labute approximate surface area is 133 Å². The highest BCUT2D eigenvalue weighted by Gasteiger charge is 2.13. The molecule has 2 heterocycles.